The number of halogens is 3. The van der Waals surface area contributed by atoms with Gasteiger partial charge >= 0.3 is 6.18 Å². The molecule has 0 unspecified atom stereocenters. The molecule has 132 valence electrons. The van der Waals surface area contributed by atoms with Crippen molar-refractivity contribution in [1.29, 1.82) is 0 Å². The van der Waals surface area contributed by atoms with E-state index >= 15 is 0 Å². The molecule has 5 nitrogen and oxygen atoms in total. The molecule has 0 saturated heterocycles. The highest BCUT2D eigenvalue weighted by Crippen LogP contribution is 2.29. The monoisotopic (exact) mass is 352 g/mol. The number of alkyl halides is 3. The third kappa shape index (κ3) is 8.17. The van der Waals surface area contributed by atoms with Crippen LogP contribution >= 0.6 is 11.3 Å². The molecular formula is C14H23F3N4OS. The van der Waals surface area contributed by atoms with Gasteiger partial charge in [0, 0.05) is 32.2 Å². The quantitative estimate of drug-likeness (QED) is 0.407. The lowest BCUT2D eigenvalue weighted by Gasteiger charge is -2.11. The van der Waals surface area contributed by atoms with Gasteiger partial charge in [-0.25, -0.2) is 4.98 Å². The van der Waals surface area contributed by atoms with Gasteiger partial charge < -0.3 is 15.4 Å². The Hall–Kier alpha value is -1.35. The Kier molecular flexibility index (Phi) is 8.93. The number of unbranched alkanes of at least 4 members (excludes halogenated alkanes) is 1. The van der Waals surface area contributed by atoms with Gasteiger partial charge in [-0.2, -0.15) is 13.2 Å². The summed E-state index contributed by atoms with van der Waals surface area (Å²) in [6.45, 7) is 4.44. The average Bonchev–Trinajstić information content (AvgIpc) is 2.98. The minimum Gasteiger partial charge on any atom is -0.381 e. The van der Waals surface area contributed by atoms with Crippen LogP contribution in [0.2, 0.25) is 0 Å². The lowest BCUT2D eigenvalue weighted by atomic mass is 10.4. The predicted octanol–water partition coefficient (Wildman–Crippen LogP) is 3.03. The highest BCUT2D eigenvalue weighted by atomic mass is 32.1. The Morgan fingerprint density at radius 1 is 1.30 bits per heavy atom. The second-order valence-electron chi connectivity index (χ2n) is 4.80. The van der Waals surface area contributed by atoms with Crippen molar-refractivity contribution in [2.75, 3.05) is 26.8 Å². The van der Waals surface area contributed by atoms with E-state index in [0.717, 1.165) is 42.6 Å². The van der Waals surface area contributed by atoms with Crippen LogP contribution in [-0.4, -0.2) is 37.7 Å². The van der Waals surface area contributed by atoms with Gasteiger partial charge in [-0.05, 0) is 12.8 Å². The SMILES string of the molecule is CCCCOCCCNC(=NC)NCc1nc(C(F)(F)F)cs1. The first-order valence-electron chi connectivity index (χ1n) is 7.51. The lowest BCUT2D eigenvalue weighted by Crippen LogP contribution is -2.37. The van der Waals surface area contributed by atoms with Crippen LogP contribution in [0.3, 0.4) is 0 Å². The van der Waals surface area contributed by atoms with Gasteiger partial charge in [-0.1, -0.05) is 13.3 Å². The Morgan fingerprint density at radius 2 is 2.04 bits per heavy atom. The third-order valence-corrected chi connectivity index (χ3v) is 3.72. The van der Waals surface area contributed by atoms with E-state index in [1.54, 1.807) is 7.05 Å². The van der Waals surface area contributed by atoms with E-state index in [0.29, 0.717) is 24.1 Å². The molecule has 0 amide bonds. The van der Waals surface area contributed by atoms with E-state index in [4.69, 9.17) is 4.74 Å². The largest absolute Gasteiger partial charge is 0.434 e. The zero-order valence-corrected chi connectivity index (χ0v) is 14.2. The number of hydrogen-bond donors (Lipinski definition) is 2. The molecule has 1 aromatic heterocycles. The first-order chi connectivity index (χ1) is 11.0. The molecule has 23 heavy (non-hydrogen) atoms. The van der Waals surface area contributed by atoms with Crippen LogP contribution in [0.25, 0.3) is 0 Å². The smallest absolute Gasteiger partial charge is 0.381 e. The minimum atomic E-state index is -4.40. The minimum absolute atomic E-state index is 0.202. The van der Waals surface area contributed by atoms with Crippen LogP contribution in [-0.2, 0) is 17.5 Å². The molecule has 0 saturated carbocycles. The molecular weight excluding hydrogens is 329 g/mol. The summed E-state index contributed by atoms with van der Waals surface area (Å²) in [5.41, 5.74) is -0.855. The van der Waals surface area contributed by atoms with Crippen LogP contribution in [0.5, 0.6) is 0 Å². The van der Waals surface area contributed by atoms with Crippen LogP contribution in [0.15, 0.2) is 10.4 Å². The number of hydrogen-bond acceptors (Lipinski definition) is 4. The first-order valence-corrected chi connectivity index (χ1v) is 8.39. The Balaban J connectivity index is 2.23. The molecule has 1 aromatic rings. The van der Waals surface area contributed by atoms with E-state index in [1.165, 1.54) is 0 Å². The summed E-state index contributed by atoms with van der Waals surface area (Å²) >= 11 is 0.972. The van der Waals surface area contributed by atoms with Gasteiger partial charge in [0.25, 0.3) is 0 Å². The molecule has 0 radical (unpaired) electrons. The summed E-state index contributed by atoms with van der Waals surface area (Å²) in [5, 5.41) is 7.40. The molecule has 0 atom stereocenters. The molecule has 9 heteroatoms. The molecule has 1 rings (SSSR count). The van der Waals surface area contributed by atoms with Crippen molar-refractivity contribution >= 4 is 17.3 Å². The molecule has 0 aliphatic carbocycles. The maximum atomic E-state index is 12.5. The number of guanidine groups is 1. The van der Waals surface area contributed by atoms with Gasteiger partial charge in [-0.3, -0.25) is 4.99 Å². The van der Waals surface area contributed by atoms with Gasteiger partial charge in [0.1, 0.15) is 5.01 Å². The highest BCUT2D eigenvalue weighted by molar-refractivity contribution is 7.09. The zero-order chi connectivity index (χ0) is 17.1. The molecule has 0 bridgehead atoms. The Morgan fingerprint density at radius 3 is 2.65 bits per heavy atom. The van der Waals surface area contributed by atoms with Crippen LogP contribution in [0.1, 0.15) is 36.9 Å². The fraction of sp³-hybridized carbons (Fsp3) is 0.714. The second kappa shape index (κ2) is 10.4. The Bertz CT molecular complexity index is 477. The normalized spacial score (nSPS) is 12.5. The van der Waals surface area contributed by atoms with Crippen molar-refractivity contribution < 1.29 is 17.9 Å². The summed E-state index contributed by atoms with van der Waals surface area (Å²) in [7, 11) is 1.61. The van der Waals surface area contributed by atoms with Gasteiger partial charge in [0.15, 0.2) is 11.7 Å². The van der Waals surface area contributed by atoms with E-state index < -0.39 is 11.9 Å². The number of aliphatic imine (C=N–C) groups is 1. The van der Waals surface area contributed by atoms with Gasteiger partial charge in [0.05, 0.1) is 6.54 Å². The average molecular weight is 352 g/mol. The van der Waals surface area contributed by atoms with Gasteiger partial charge in [-0.15, -0.1) is 11.3 Å². The first kappa shape index (κ1) is 19.7. The maximum absolute atomic E-state index is 12.5. The molecule has 0 aliphatic heterocycles. The lowest BCUT2D eigenvalue weighted by molar-refractivity contribution is -0.140. The number of nitrogens with zero attached hydrogens (tertiary/aromatic N) is 2. The van der Waals surface area contributed by atoms with E-state index in [2.05, 4.69) is 27.5 Å². The molecule has 0 fully saturated rings. The molecule has 0 aliphatic rings. The van der Waals surface area contributed by atoms with E-state index in [9.17, 15) is 13.2 Å². The van der Waals surface area contributed by atoms with E-state index in [-0.39, 0.29) is 6.54 Å². The van der Waals surface area contributed by atoms with Crippen molar-refractivity contribution in [1.82, 2.24) is 15.6 Å². The van der Waals surface area contributed by atoms with Crippen LogP contribution in [0.4, 0.5) is 13.2 Å². The number of thiazole rings is 1. The standard InChI is InChI=1S/C14H23F3N4OS/c1-3-4-7-22-8-5-6-19-13(18-2)20-9-12-21-11(10-23-12)14(15,16)17/h10H,3-9H2,1-2H3,(H2,18,19,20). The molecule has 1 heterocycles. The van der Waals surface area contributed by atoms with Crippen molar-refractivity contribution in [3.8, 4) is 0 Å². The number of rotatable bonds is 9. The predicted molar refractivity (Wildman–Crippen MR) is 85.7 cm³/mol. The summed E-state index contributed by atoms with van der Waals surface area (Å²) in [5.74, 6) is 0.530. The zero-order valence-electron chi connectivity index (χ0n) is 13.4. The molecule has 0 aromatic carbocycles. The van der Waals surface area contributed by atoms with Crippen molar-refractivity contribution in [2.45, 2.75) is 38.9 Å². The number of aromatic nitrogens is 1. The summed E-state index contributed by atoms with van der Waals surface area (Å²) in [6.07, 6.45) is -1.39. The van der Waals surface area contributed by atoms with Crippen LogP contribution in [0, 0.1) is 0 Å². The fourth-order valence-corrected chi connectivity index (χ4v) is 2.37. The number of nitrogens with one attached hydrogen (secondary N) is 2. The third-order valence-electron chi connectivity index (χ3n) is 2.87. The summed E-state index contributed by atoms with van der Waals surface area (Å²) in [4.78, 5) is 7.57. The highest BCUT2D eigenvalue weighted by Gasteiger charge is 2.33. The second-order valence-corrected chi connectivity index (χ2v) is 5.74. The van der Waals surface area contributed by atoms with Crippen molar-refractivity contribution in [3.63, 3.8) is 0 Å². The van der Waals surface area contributed by atoms with Gasteiger partial charge in [0.2, 0.25) is 0 Å². The van der Waals surface area contributed by atoms with Crippen molar-refractivity contribution in [2.24, 2.45) is 4.99 Å². The van der Waals surface area contributed by atoms with Crippen molar-refractivity contribution in [3.05, 3.63) is 16.1 Å². The fourth-order valence-electron chi connectivity index (χ4n) is 1.63. The van der Waals surface area contributed by atoms with Crippen LogP contribution < -0.4 is 10.6 Å². The summed E-state index contributed by atoms with van der Waals surface area (Å²) in [6, 6.07) is 0. The van der Waals surface area contributed by atoms with E-state index in [1.807, 2.05) is 0 Å². The molecule has 2 N–H and O–H groups in total. The summed E-state index contributed by atoms with van der Waals surface area (Å²) < 4.78 is 42.8. The molecule has 0 spiro atoms. The maximum Gasteiger partial charge on any atom is 0.434 e. The number of ether oxygens (including phenoxy) is 1. The Labute approximate surface area is 138 Å². The topological polar surface area (TPSA) is 58.5 Å².